The quantitative estimate of drug-likeness (QED) is 0.542. The molecule has 12 heavy (non-hydrogen) atoms. The summed E-state index contributed by atoms with van der Waals surface area (Å²) in [5.74, 6) is 1.66. The van der Waals surface area contributed by atoms with Gasteiger partial charge in [0.2, 0.25) is 0 Å². The zero-order valence-electron chi connectivity index (χ0n) is 8.34. The lowest BCUT2D eigenvalue weighted by Gasteiger charge is -2.26. The van der Waals surface area contributed by atoms with Gasteiger partial charge in [-0.1, -0.05) is 24.3 Å². The summed E-state index contributed by atoms with van der Waals surface area (Å²) < 4.78 is 0. The third-order valence-corrected chi connectivity index (χ3v) is 2.93. The van der Waals surface area contributed by atoms with Crippen molar-refractivity contribution < 1.29 is 0 Å². The molecule has 0 aliphatic heterocycles. The van der Waals surface area contributed by atoms with Crippen LogP contribution in [0.15, 0.2) is 24.3 Å². The highest BCUT2D eigenvalue weighted by Crippen LogP contribution is 2.32. The SMILES string of the molecule is C=C(C)C1CCC(C=CC)CC1. The molecule has 0 nitrogen and oxygen atoms in total. The van der Waals surface area contributed by atoms with Crippen LogP contribution in [0.1, 0.15) is 39.5 Å². The molecule has 0 amide bonds. The standard InChI is InChI=1S/C12H20/c1-4-5-11-6-8-12(9-7-11)10(2)3/h4-5,11-12H,2,6-9H2,1,3H3. The molecule has 0 aromatic heterocycles. The second-order valence-corrected chi connectivity index (χ2v) is 3.98. The minimum absolute atomic E-state index is 0.812. The van der Waals surface area contributed by atoms with Gasteiger partial charge in [0.1, 0.15) is 0 Å². The summed E-state index contributed by atoms with van der Waals surface area (Å²) in [7, 11) is 0. The number of rotatable bonds is 2. The Morgan fingerprint density at radius 1 is 1.25 bits per heavy atom. The van der Waals surface area contributed by atoms with E-state index in [9.17, 15) is 0 Å². The van der Waals surface area contributed by atoms with Crippen molar-refractivity contribution >= 4 is 0 Å². The van der Waals surface area contributed by atoms with Gasteiger partial charge in [0.25, 0.3) is 0 Å². The molecule has 1 fully saturated rings. The summed E-state index contributed by atoms with van der Waals surface area (Å²) >= 11 is 0. The Morgan fingerprint density at radius 2 is 1.83 bits per heavy atom. The van der Waals surface area contributed by atoms with Crippen molar-refractivity contribution in [3.8, 4) is 0 Å². The molecule has 0 N–H and O–H groups in total. The topological polar surface area (TPSA) is 0 Å². The predicted octanol–water partition coefficient (Wildman–Crippen LogP) is 3.95. The molecule has 0 heterocycles. The Kier molecular flexibility index (Phi) is 3.58. The van der Waals surface area contributed by atoms with Crippen molar-refractivity contribution in [2.45, 2.75) is 39.5 Å². The number of allylic oxidation sites excluding steroid dienone is 3. The lowest BCUT2D eigenvalue weighted by molar-refractivity contribution is 0.345. The smallest absolute Gasteiger partial charge is 0.0208 e. The van der Waals surface area contributed by atoms with Gasteiger partial charge in [-0.05, 0) is 51.4 Å². The summed E-state index contributed by atoms with van der Waals surface area (Å²) in [4.78, 5) is 0. The van der Waals surface area contributed by atoms with Gasteiger partial charge in [0.15, 0.2) is 0 Å². The molecule has 0 radical (unpaired) electrons. The molecular weight excluding hydrogens is 144 g/mol. The van der Waals surface area contributed by atoms with Crippen LogP contribution in [-0.2, 0) is 0 Å². The predicted molar refractivity (Wildman–Crippen MR) is 55.1 cm³/mol. The molecule has 0 atom stereocenters. The Balaban J connectivity index is 2.34. The van der Waals surface area contributed by atoms with E-state index < -0.39 is 0 Å². The van der Waals surface area contributed by atoms with Crippen LogP contribution in [0.4, 0.5) is 0 Å². The van der Waals surface area contributed by atoms with Crippen molar-refractivity contribution in [3.05, 3.63) is 24.3 Å². The second-order valence-electron chi connectivity index (χ2n) is 3.98. The molecule has 0 bridgehead atoms. The highest BCUT2D eigenvalue weighted by Gasteiger charge is 2.19. The van der Waals surface area contributed by atoms with Crippen molar-refractivity contribution in [1.82, 2.24) is 0 Å². The molecule has 0 heteroatoms. The van der Waals surface area contributed by atoms with Crippen LogP contribution in [0.25, 0.3) is 0 Å². The fourth-order valence-corrected chi connectivity index (χ4v) is 2.08. The monoisotopic (exact) mass is 164 g/mol. The Bertz CT molecular complexity index is 168. The Labute approximate surface area is 76.4 Å². The van der Waals surface area contributed by atoms with Gasteiger partial charge >= 0.3 is 0 Å². The molecule has 68 valence electrons. The van der Waals surface area contributed by atoms with Crippen molar-refractivity contribution in [3.63, 3.8) is 0 Å². The van der Waals surface area contributed by atoms with Gasteiger partial charge in [0, 0.05) is 0 Å². The van der Waals surface area contributed by atoms with Crippen LogP contribution >= 0.6 is 0 Å². The summed E-state index contributed by atoms with van der Waals surface area (Å²) in [5, 5.41) is 0. The molecule has 1 aliphatic rings. The first-order chi connectivity index (χ1) is 5.74. The first-order valence-electron chi connectivity index (χ1n) is 5.02. The van der Waals surface area contributed by atoms with Crippen LogP contribution in [0.2, 0.25) is 0 Å². The number of hydrogen-bond acceptors (Lipinski definition) is 0. The maximum absolute atomic E-state index is 4.03. The fraction of sp³-hybridized carbons (Fsp3) is 0.667. The zero-order valence-corrected chi connectivity index (χ0v) is 8.34. The third kappa shape index (κ3) is 2.51. The minimum Gasteiger partial charge on any atom is -0.0999 e. The minimum atomic E-state index is 0.812. The molecular formula is C12H20. The van der Waals surface area contributed by atoms with Gasteiger partial charge < -0.3 is 0 Å². The summed E-state index contributed by atoms with van der Waals surface area (Å²) in [6.07, 6.45) is 9.97. The molecule has 0 spiro atoms. The lowest BCUT2D eigenvalue weighted by atomic mass is 9.79. The third-order valence-electron chi connectivity index (χ3n) is 2.93. The van der Waals surface area contributed by atoms with E-state index in [2.05, 4.69) is 32.6 Å². The summed E-state index contributed by atoms with van der Waals surface area (Å²) in [6.45, 7) is 8.32. The van der Waals surface area contributed by atoms with E-state index in [4.69, 9.17) is 0 Å². The first kappa shape index (κ1) is 9.57. The van der Waals surface area contributed by atoms with Gasteiger partial charge in [0.05, 0.1) is 0 Å². The van der Waals surface area contributed by atoms with Crippen LogP contribution in [-0.4, -0.2) is 0 Å². The van der Waals surface area contributed by atoms with E-state index in [1.54, 1.807) is 0 Å². The van der Waals surface area contributed by atoms with Gasteiger partial charge in [-0.3, -0.25) is 0 Å². The Hall–Kier alpha value is -0.520. The van der Waals surface area contributed by atoms with Crippen LogP contribution in [0.3, 0.4) is 0 Å². The average Bonchev–Trinajstić information content (AvgIpc) is 2.06. The van der Waals surface area contributed by atoms with Gasteiger partial charge in [-0.2, -0.15) is 0 Å². The zero-order chi connectivity index (χ0) is 8.97. The fourth-order valence-electron chi connectivity index (χ4n) is 2.08. The lowest BCUT2D eigenvalue weighted by Crippen LogP contribution is -2.13. The second kappa shape index (κ2) is 4.49. The maximum Gasteiger partial charge on any atom is -0.0208 e. The molecule has 0 saturated heterocycles. The molecule has 0 aromatic carbocycles. The van der Waals surface area contributed by atoms with E-state index in [0.717, 1.165) is 11.8 Å². The highest BCUT2D eigenvalue weighted by atomic mass is 14.2. The van der Waals surface area contributed by atoms with Crippen LogP contribution in [0.5, 0.6) is 0 Å². The van der Waals surface area contributed by atoms with Crippen LogP contribution in [0, 0.1) is 11.8 Å². The summed E-state index contributed by atoms with van der Waals surface area (Å²) in [6, 6.07) is 0. The molecule has 1 aliphatic carbocycles. The summed E-state index contributed by atoms with van der Waals surface area (Å²) in [5.41, 5.74) is 1.38. The van der Waals surface area contributed by atoms with Crippen molar-refractivity contribution in [2.24, 2.45) is 11.8 Å². The Morgan fingerprint density at radius 3 is 2.25 bits per heavy atom. The molecule has 1 rings (SSSR count). The highest BCUT2D eigenvalue weighted by molar-refractivity contribution is 5.00. The van der Waals surface area contributed by atoms with E-state index >= 15 is 0 Å². The first-order valence-corrected chi connectivity index (χ1v) is 5.02. The van der Waals surface area contributed by atoms with E-state index in [1.165, 1.54) is 31.3 Å². The van der Waals surface area contributed by atoms with Crippen LogP contribution < -0.4 is 0 Å². The van der Waals surface area contributed by atoms with Gasteiger partial charge in [-0.25, -0.2) is 0 Å². The maximum atomic E-state index is 4.03. The van der Waals surface area contributed by atoms with E-state index in [0.29, 0.717) is 0 Å². The number of hydrogen-bond donors (Lipinski definition) is 0. The van der Waals surface area contributed by atoms with E-state index in [1.807, 2.05) is 0 Å². The van der Waals surface area contributed by atoms with E-state index in [-0.39, 0.29) is 0 Å². The molecule has 1 saturated carbocycles. The van der Waals surface area contributed by atoms with Gasteiger partial charge in [-0.15, -0.1) is 0 Å². The average molecular weight is 164 g/mol. The molecule has 0 aromatic rings. The largest absolute Gasteiger partial charge is 0.0999 e. The normalized spacial score (nSPS) is 30.8. The van der Waals surface area contributed by atoms with Crippen molar-refractivity contribution in [1.29, 1.82) is 0 Å². The molecule has 0 unspecified atom stereocenters. The van der Waals surface area contributed by atoms with Crippen molar-refractivity contribution in [2.75, 3.05) is 0 Å².